The highest BCUT2D eigenvalue weighted by Crippen LogP contribution is 2.09. The minimum absolute atomic E-state index is 0.0890. The van der Waals surface area contributed by atoms with Gasteiger partial charge in [0.1, 0.15) is 6.61 Å². The van der Waals surface area contributed by atoms with Crippen LogP contribution in [0.2, 0.25) is 0 Å². The molecule has 0 aliphatic heterocycles. The lowest BCUT2D eigenvalue weighted by molar-refractivity contribution is -0.373. The van der Waals surface area contributed by atoms with Gasteiger partial charge in [-0.15, -0.1) is 0 Å². The van der Waals surface area contributed by atoms with E-state index in [9.17, 15) is 9.90 Å². The van der Waals surface area contributed by atoms with Gasteiger partial charge in [-0.05, 0) is 13.8 Å². The normalized spacial score (nSPS) is 10.4. The minimum atomic E-state index is -1.68. The third-order valence-corrected chi connectivity index (χ3v) is 1.43. The highest BCUT2D eigenvalue weighted by Gasteiger charge is 2.28. The second-order valence-corrected chi connectivity index (χ2v) is 2.90. The molecule has 0 saturated heterocycles. The topological polar surface area (TPSA) is 105 Å². The Morgan fingerprint density at radius 2 is 1.78 bits per heavy atom. The molecule has 0 rings (SSSR count). The van der Waals surface area contributed by atoms with Gasteiger partial charge in [-0.25, -0.2) is 4.79 Å². The van der Waals surface area contributed by atoms with E-state index in [0.717, 1.165) is 6.08 Å². The fourth-order valence-corrected chi connectivity index (χ4v) is 0.842. The van der Waals surface area contributed by atoms with Gasteiger partial charge in [-0.2, -0.15) is 0 Å². The van der Waals surface area contributed by atoms with Crippen molar-refractivity contribution >= 4 is 5.97 Å². The number of carboxylic acid groups (broad SMARTS) is 1. The van der Waals surface area contributed by atoms with Crippen LogP contribution in [-0.4, -0.2) is 60.3 Å². The third-order valence-electron chi connectivity index (χ3n) is 1.43. The van der Waals surface area contributed by atoms with Gasteiger partial charge in [-0.1, -0.05) is 6.58 Å². The summed E-state index contributed by atoms with van der Waals surface area (Å²) in [4.78, 5) is 9.25. The molecule has 0 aromatic rings. The summed E-state index contributed by atoms with van der Waals surface area (Å²) < 4.78 is 14.8. The Labute approximate surface area is 107 Å². The van der Waals surface area contributed by atoms with Crippen molar-refractivity contribution in [3.8, 4) is 0 Å². The van der Waals surface area contributed by atoms with Crippen molar-refractivity contribution < 1.29 is 34.3 Å². The first kappa shape index (κ1) is 19.4. The average molecular weight is 266 g/mol. The van der Waals surface area contributed by atoms with Crippen LogP contribution in [0.25, 0.3) is 0 Å². The lowest BCUT2D eigenvalue weighted by atomic mass is 10.5. The number of hydrogen-bond acceptors (Lipinski definition) is 6. The molecule has 0 saturated carbocycles. The van der Waals surface area contributed by atoms with Crippen LogP contribution in [0, 0.1) is 0 Å². The van der Waals surface area contributed by atoms with Crippen molar-refractivity contribution in [3.63, 3.8) is 0 Å². The molecule has 0 bridgehead atoms. The number of rotatable bonds is 9. The molecule has 0 atom stereocenters. The summed E-state index contributed by atoms with van der Waals surface area (Å²) in [7, 11) is 0. The number of carbonyl (C=O) groups is 1. The summed E-state index contributed by atoms with van der Waals surface area (Å²) in [5.74, 6) is -2.66. The van der Waals surface area contributed by atoms with E-state index in [0.29, 0.717) is 13.2 Å². The van der Waals surface area contributed by atoms with Crippen LogP contribution in [0.1, 0.15) is 13.8 Å². The Balaban J connectivity index is 0. The van der Waals surface area contributed by atoms with E-state index >= 15 is 0 Å². The standard InChI is InChI=1S/C8H18O5.C3H4O2/c1-3-12-8(10,13-4-2)7-11-6-5-9;1-2-3(4)5/h9-10H,3-7H2,1-2H3;2H,1H2,(H,4,5). The summed E-state index contributed by atoms with van der Waals surface area (Å²) >= 11 is 0. The van der Waals surface area contributed by atoms with E-state index in [1.807, 2.05) is 0 Å². The molecule has 0 aromatic heterocycles. The molecular weight excluding hydrogens is 244 g/mol. The first-order valence-electron chi connectivity index (χ1n) is 5.50. The molecule has 0 fully saturated rings. The maximum Gasteiger partial charge on any atom is 0.327 e. The van der Waals surface area contributed by atoms with Gasteiger partial charge in [0.05, 0.1) is 13.2 Å². The molecule has 0 aliphatic carbocycles. The Hall–Kier alpha value is -0.990. The molecule has 0 amide bonds. The van der Waals surface area contributed by atoms with Gasteiger partial charge in [0, 0.05) is 19.3 Å². The molecule has 18 heavy (non-hydrogen) atoms. The summed E-state index contributed by atoms with van der Waals surface area (Å²) in [5, 5.41) is 25.6. The minimum Gasteiger partial charge on any atom is -0.478 e. The summed E-state index contributed by atoms with van der Waals surface area (Å²) in [5.41, 5.74) is 0. The molecule has 7 nitrogen and oxygen atoms in total. The van der Waals surface area contributed by atoms with Gasteiger partial charge in [0.15, 0.2) is 0 Å². The number of aliphatic hydroxyl groups excluding tert-OH is 1. The SMILES string of the molecule is C=CC(=O)O.CCOC(O)(COCCO)OCC. The van der Waals surface area contributed by atoms with Crippen LogP contribution in [0.3, 0.4) is 0 Å². The fourth-order valence-electron chi connectivity index (χ4n) is 0.842. The zero-order valence-corrected chi connectivity index (χ0v) is 10.8. The second kappa shape index (κ2) is 12.5. The molecule has 108 valence electrons. The molecule has 0 heterocycles. The van der Waals surface area contributed by atoms with Crippen molar-refractivity contribution in [2.45, 2.75) is 19.8 Å². The maximum absolute atomic E-state index is 9.59. The zero-order valence-electron chi connectivity index (χ0n) is 10.8. The first-order valence-corrected chi connectivity index (χ1v) is 5.50. The Morgan fingerprint density at radius 1 is 1.33 bits per heavy atom. The van der Waals surface area contributed by atoms with Crippen LogP contribution >= 0.6 is 0 Å². The summed E-state index contributed by atoms with van der Waals surface area (Å²) in [6, 6.07) is 0. The Kier molecular flexibility index (Phi) is 13.4. The highest BCUT2D eigenvalue weighted by molar-refractivity contribution is 5.78. The van der Waals surface area contributed by atoms with Gasteiger partial charge in [0.2, 0.25) is 0 Å². The van der Waals surface area contributed by atoms with Crippen LogP contribution in [-0.2, 0) is 19.0 Å². The predicted molar refractivity (Wildman–Crippen MR) is 63.9 cm³/mol. The smallest absolute Gasteiger partial charge is 0.327 e. The lowest BCUT2D eigenvalue weighted by Gasteiger charge is -2.26. The molecule has 0 radical (unpaired) electrons. The molecule has 0 aliphatic rings. The molecule has 0 unspecified atom stereocenters. The average Bonchev–Trinajstić information content (AvgIpc) is 2.30. The summed E-state index contributed by atoms with van der Waals surface area (Å²) in [6.07, 6.45) is 0.833. The van der Waals surface area contributed by atoms with Gasteiger partial charge in [-0.3, -0.25) is 0 Å². The molecule has 3 N–H and O–H groups in total. The highest BCUT2D eigenvalue weighted by atomic mass is 16.8. The van der Waals surface area contributed by atoms with Crippen molar-refractivity contribution in [1.29, 1.82) is 0 Å². The number of hydrogen-bond donors (Lipinski definition) is 3. The number of ether oxygens (including phenoxy) is 3. The van der Waals surface area contributed by atoms with Gasteiger partial charge >= 0.3 is 11.9 Å². The van der Waals surface area contributed by atoms with Crippen LogP contribution in [0.5, 0.6) is 0 Å². The van der Waals surface area contributed by atoms with Crippen molar-refractivity contribution in [1.82, 2.24) is 0 Å². The van der Waals surface area contributed by atoms with Crippen molar-refractivity contribution in [2.24, 2.45) is 0 Å². The number of aliphatic carboxylic acids is 1. The molecule has 0 spiro atoms. The van der Waals surface area contributed by atoms with Crippen molar-refractivity contribution in [3.05, 3.63) is 12.7 Å². The Morgan fingerprint density at radius 3 is 2.06 bits per heavy atom. The lowest BCUT2D eigenvalue weighted by Crippen LogP contribution is -2.41. The second-order valence-electron chi connectivity index (χ2n) is 2.90. The first-order chi connectivity index (χ1) is 8.45. The van der Waals surface area contributed by atoms with Gasteiger partial charge in [0.25, 0.3) is 0 Å². The number of aliphatic hydroxyl groups is 2. The van der Waals surface area contributed by atoms with Crippen LogP contribution in [0.4, 0.5) is 0 Å². The van der Waals surface area contributed by atoms with Crippen molar-refractivity contribution in [2.75, 3.05) is 33.0 Å². The molecular formula is C11H22O7. The van der Waals surface area contributed by atoms with E-state index in [1.165, 1.54) is 0 Å². The number of carboxylic acids is 1. The summed E-state index contributed by atoms with van der Waals surface area (Å²) in [6.45, 7) is 7.08. The van der Waals surface area contributed by atoms with E-state index in [2.05, 4.69) is 6.58 Å². The van der Waals surface area contributed by atoms with E-state index in [-0.39, 0.29) is 19.8 Å². The Bertz CT molecular complexity index is 211. The van der Waals surface area contributed by atoms with Crippen LogP contribution in [0.15, 0.2) is 12.7 Å². The quantitative estimate of drug-likeness (QED) is 0.306. The molecule has 0 aromatic carbocycles. The third kappa shape index (κ3) is 13.1. The van der Waals surface area contributed by atoms with E-state index in [1.54, 1.807) is 13.8 Å². The predicted octanol–water partition coefficient (Wildman–Crippen LogP) is -0.0286. The van der Waals surface area contributed by atoms with Gasteiger partial charge < -0.3 is 29.5 Å². The monoisotopic (exact) mass is 266 g/mol. The largest absolute Gasteiger partial charge is 0.478 e. The van der Waals surface area contributed by atoms with Crippen LogP contribution < -0.4 is 0 Å². The van der Waals surface area contributed by atoms with E-state index in [4.69, 9.17) is 24.4 Å². The van der Waals surface area contributed by atoms with E-state index < -0.39 is 11.9 Å². The maximum atomic E-state index is 9.59. The zero-order chi connectivity index (χ0) is 14.4. The molecule has 7 heteroatoms. The fraction of sp³-hybridized carbons (Fsp3) is 0.727.